The van der Waals surface area contributed by atoms with Gasteiger partial charge < -0.3 is 14.9 Å². The quantitative estimate of drug-likeness (QED) is 0.854. The van der Waals surface area contributed by atoms with Crippen molar-refractivity contribution in [3.8, 4) is 0 Å². The van der Waals surface area contributed by atoms with Gasteiger partial charge in [0.25, 0.3) is 0 Å². The normalized spacial score (nSPS) is 24.9. The number of rotatable bonds is 4. The van der Waals surface area contributed by atoms with E-state index in [4.69, 9.17) is 5.11 Å². The van der Waals surface area contributed by atoms with Crippen molar-refractivity contribution in [3.05, 3.63) is 0 Å². The molecule has 2 amide bonds. The molecule has 1 aliphatic rings. The molecule has 1 heterocycles. The standard InChI is InChI=1S/C14H26N2O3/c1-5-10(2)15(9-13(17)18)14(19)16-11(3)7-6-8-12(16)4/h10-12H,5-9H2,1-4H3,(H,17,18)/t10?,11-,12+. The van der Waals surface area contributed by atoms with Crippen LogP contribution >= 0.6 is 0 Å². The van der Waals surface area contributed by atoms with Crippen LogP contribution in [0.25, 0.3) is 0 Å². The molecule has 0 spiro atoms. The molecule has 3 atom stereocenters. The Balaban J connectivity index is 2.87. The predicted octanol–water partition coefficient (Wildman–Crippen LogP) is 2.55. The lowest BCUT2D eigenvalue weighted by Gasteiger charge is -2.42. The highest BCUT2D eigenvalue weighted by Crippen LogP contribution is 2.24. The van der Waals surface area contributed by atoms with Crippen LogP contribution in [-0.2, 0) is 4.79 Å². The fourth-order valence-electron chi connectivity index (χ4n) is 2.72. The molecule has 0 aromatic heterocycles. The van der Waals surface area contributed by atoms with Crippen LogP contribution in [0.1, 0.15) is 53.4 Å². The Bertz CT molecular complexity index is 323. The maximum absolute atomic E-state index is 12.6. The molecule has 110 valence electrons. The summed E-state index contributed by atoms with van der Waals surface area (Å²) < 4.78 is 0. The number of carboxylic acid groups (broad SMARTS) is 1. The van der Waals surface area contributed by atoms with Crippen LogP contribution in [0.5, 0.6) is 0 Å². The summed E-state index contributed by atoms with van der Waals surface area (Å²) in [6.07, 6.45) is 3.89. The Morgan fingerprint density at radius 3 is 2.26 bits per heavy atom. The average Bonchev–Trinajstić information content (AvgIpc) is 2.34. The Morgan fingerprint density at radius 1 is 1.32 bits per heavy atom. The summed E-state index contributed by atoms with van der Waals surface area (Å²) in [5, 5.41) is 8.99. The summed E-state index contributed by atoms with van der Waals surface area (Å²) in [6, 6.07) is 0.203. The van der Waals surface area contributed by atoms with Crippen LogP contribution in [0.2, 0.25) is 0 Å². The van der Waals surface area contributed by atoms with Gasteiger partial charge in [-0.2, -0.15) is 0 Å². The highest BCUT2D eigenvalue weighted by molar-refractivity contribution is 5.81. The van der Waals surface area contributed by atoms with Gasteiger partial charge in [0.1, 0.15) is 6.54 Å². The lowest BCUT2D eigenvalue weighted by molar-refractivity contribution is -0.138. The van der Waals surface area contributed by atoms with E-state index in [1.807, 2.05) is 32.6 Å². The van der Waals surface area contributed by atoms with Gasteiger partial charge in [-0.1, -0.05) is 6.92 Å². The van der Waals surface area contributed by atoms with Gasteiger partial charge in [-0.25, -0.2) is 4.79 Å². The number of nitrogens with zero attached hydrogens (tertiary/aromatic N) is 2. The van der Waals surface area contributed by atoms with Gasteiger partial charge in [-0.3, -0.25) is 4.79 Å². The minimum absolute atomic E-state index is 0.0510. The summed E-state index contributed by atoms with van der Waals surface area (Å²) in [7, 11) is 0. The molecule has 1 unspecified atom stereocenters. The van der Waals surface area contributed by atoms with Crippen LogP contribution < -0.4 is 0 Å². The zero-order chi connectivity index (χ0) is 14.6. The van der Waals surface area contributed by atoms with Crippen molar-refractivity contribution in [2.45, 2.75) is 71.5 Å². The lowest BCUT2D eigenvalue weighted by Crippen LogP contribution is -2.56. The summed E-state index contributed by atoms with van der Waals surface area (Å²) in [6.45, 7) is 7.74. The van der Waals surface area contributed by atoms with E-state index in [1.165, 1.54) is 4.90 Å². The average molecular weight is 270 g/mol. The third kappa shape index (κ3) is 3.85. The third-order valence-electron chi connectivity index (χ3n) is 4.09. The fourth-order valence-corrected chi connectivity index (χ4v) is 2.72. The highest BCUT2D eigenvalue weighted by Gasteiger charge is 2.34. The van der Waals surface area contributed by atoms with E-state index in [-0.39, 0.29) is 30.7 Å². The van der Waals surface area contributed by atoms with Crippen LogP contribution in [-0.4, -0.2) is 51.6 Å². The maximum atomic E-state index is 12.6. The minimum Gasteiger partial charge on any atom is -0.480 e. The number of aliphatic carboxylic acids is 1. The van der Waals surface area contributed by atoms with Crippen LogP contribution in [0, 0.1) is 0 Å². The van der Waals surface area contributed by atoms with E-state index in [0.717, 1.165) is 25.7 Å². The van der Waals surface area contributed by atoms with E-state index >= 15 is 0 Å². The Labute approximate surface area is 115 Å². The summed E-state index contributed by atoms with van der Waals surface area (Å²) >= 11 is 0. The first-order valence-corrected chi connectivity index (χ1v) is 7.19. The van der Waals surface area contributed by atoms with E-state index in [0.29, 0.717) is 0 Å². The summed E-state index contributed by atoms with van der Waals surface area (Å²) in [4.78, 5) is 27.0. The molecule has 5 heteroatoms. The van der Waals surface area contributed by atoms with Crippen molar-refractivity contribution in [1.82, 2.24) is 9.80 Å². The second kappa shape index (κ2) is 6.78. The fraction of sp³-hybridized carbons (Fsp3) is 0.857. The van der Waals surface area contributed by atoms with Gasteiger partial charge in [0.15, 0.2) is 0 Å². The molecular weight excluding hydrogens is 244 g/mol. The molecule has 1 aliphatic heterocycles. The molecule has 0 aliphatic carbocycles. The van der Waals surface area contributed by atoms with Gasteiger partial charge in [-0.15, -0.1) is 0 Å². The van der Waals surface area contributed by atoms with Gasteiger partial charge in [0.05, 0.1) is 0 Å². The van der Waals surface area contributed by atoms with E-state index < -0.39 is 5.97 Å². The van der Waals surface area contributed by atoms with Crippen molar-refractivity contribution in [3.63, 3.8) is 0 Å². The van der Waals surface area contributed by atoms with E-state index in [2.05, 4.69) is 0 Å². The highest BCUT2D eigenvalue weighted by atomic mass is 16.4. The number of likely N-dealkylation sites (tertiary alicyclic amines) is 1. The Morgan fingerprint density at radius 2 is 1.84 bits per heavy atom. The smallest absolute Gasteiger partial charge is 0.323 e. The van der Waals surface area contributed by atoms with Gasteiger partial charge >= 0.3 is 12.0 Å². The van der Waals surface area contributed by atoms with Crippen molar-refractivity contribution >= 4 is 12.0 Å². The SMILES string of the molecule is CCC(C)N(CC(=O)O)C(=O)N1[C@H](C)CCC[C@@H]1C. The molecule has 0 saturated carbocycles. The first kappa shape index (κ1) is 15.8. The first-order valence-electron chi connectivity index (χ1n) is 7.19. The van der Waals surface area contributed by atoms with Gasteiger partial charge in [0.2, 0.25) is 0 Å². The summed E-state index contributed by atoms with van der Waals surface area (Å²) in [5.74, 6) is -0.953. The Hall–Kier alpha value is -1.26. The molecule has 1 fully saturated rings. The topological polar surface area (TPSA) is 60.9 Å². The molecule has 1 N–H and O–H groups in total. The number of amides is 2. The lowest BCUT2D eigenvalue weighted by atomic mass is 9.98. The molecule has 0 radical (unpaired) electrons. The largest absolute Gasteiger partial charge is 0.480 e. The monoisotopic (exact) mass is 270 g/mol. The van der Waals surface area contributed by atoms with Crippen molar-refractivity contribution in [2.24, 2.45) is 0 Å². The van der Waals surface area contributed by atoms with E-state index in [9.17, 15) is 9.59 Å². The molecule has 1 rings (SSSR count). The second-order valence-electron chi connectivity index (χ2n) is 5.60. The maximum Gasteiger partial charge on any atom is 0.323 e. The van der Waals surface area contributed by atoms with Crippen LogP contribution in [0.4, 0.5) is 4.79 Å². The predicted molar refractivity (Wildman–Crippen MR) is 74.1 cm³/mol. The second-order valence-corrected chi connectivity index (χ2v) is 5.60. The zero-order valence-electron chi connectivity index (χ0n) is 12.4. The van der Waals surface area contributed by atoms with Crippen molar-refractivity contribution < 1.29 is 14.7 Å². The molecule has 5 nitrogen and oxygen atoms in total. The molecule has 0 aromatic rings. The number of hydrogen-bond acceptors (Lipinski definition) is 2. The van der Waals surface area contributed by atoms with Gasteiger partial charge in [-0.05, 0) is 46.5 Å². The number of carbonyl (C=O) groups is 2. The Kier molecular flexibility index (Phi) is 5.63. The molecule has 1 saturated heterocycles. The first-order chi connectivity index (χ1) is 8.88. The number of piperidine rings is 1. The van der Waals surface area contributed by atoms with Crippen molar-refractivity contribution in [2.75, 3.05) is 6.54 Å². The molecule has 0 aromatic carbocycles. The number of carbonyl (C=O) groups excluding carboxylic acids is 1. The van der Waals surface area contributed by atoms with Crippen LogP contribution in [0.15, 0.2) is 0 Å². The molecular formula is C14H26N2O3. The van der Waals surface area contributed by atoms with Crippen LogP contribution in [0.3, 0.4) is 0 Å². The van der Waals surface area contributed by atoms with Crippen molar-refractivity contribution in [1.29, 1.82) is 0 Å². The molecule has 19 heavy (non-hydrogen) atoms. The summed E-state index contributed by atoms with van der Waals surface area (Å²) in [5.41, 5.74) is 0. The number of urea groups is 1. The van der Waals surface area contributed by atoms with Gasteiger partial charge in [0, 0.05) is 18.1 Å². The molecule has 0 bridgehead atoms. The zero-order valence-corrected chi connectivity index (χ0v) is 12.4. The third-order valence-corrected chi connectivity index (χ3v) is 4.09. The van der Waals surface area contributed by atoms with E-state index in [1.54, 1.807) is 0 Å². The number of carboxylic acids is 1. The number of hydrogen-bond donors (Lipinski definition) is 1. The minimum atomic E-state index is -0.953.